The van der Waals surface area contributed by atoms with E-state index in [1.165, 1.54) is 11.8 Å². The zero-order chi connectivity index (χ0) is 20.0. The number of para-hydroxylation sites is 1. The highest BCUT2D eigenvalue weighted by atomic mass is 32.2. The molecule has 1 aliphatic carbocycles. The first kappa shape index (κ1) is 18.7. The van der Waals surface area contributed by atoms with Crippen molar-refractivity contribution < 1.29 is 13.2 Å². The third-order valence-corrected chi connectivity index (χ3v) is 8.05. The number of aromatic amines is 1. The molecule has 0 bridgehead atoms. The summed E-state index contributed by atoms with van der Waals surface area (Å²) in [5, 5.41) is 13.4. The summed E-state index contributed by atoms with van der Waals surface area (Å²) >= 11 is 1.35. The van der Waals surface area contributed by atoms with Crippen molar-refractivity contribution in [3.63, 3.8) is 0 Å². The fourth-order valence-electron chi connectivity index (χ4n) is 3.79. The number of aromatic nitrogens is 4. The SMILES string of the molecule is O=C(CSc1nnc(-c2c[nH]c3ccccc23)n1C1CC1)NC1CCS(=O)(=O)C1. The molecular formula is C19H21N5O3S2. The van der Waals surface area contributed by atoms with Gasteiger partial charge < -0.3 is 10.3 Å². The maximum absolute atomic E-state index is 12.3. The molecule has 2 aromatic heterocycles. The molecule has 1 unspecified atom stereocenters. The van der Waals surface area contributed by atoms with Crippen molar-refractivity contribution >= 4 is 38.4 Å². The largest absolute Gasteiger partial charge is 0.360 e. The molecule has 3 aromatic rings. The Labute approximate surface area is 172 Å². The van der Waals surface area contributed by atoms with Gasteiger partial charge in [0.25, 0.3) is 0 Å². The maximum atomic E-state index is 12.3. The quantitative estimate of drug-likeness (QED) is 0.579. The van der Waals surface area contributed by atoms with Crippen molar-refractivity contribution in [2.24, 2.45) is 0 Å². The minimum atomic E-state index is -3.01. The Morgan fingerprint density at radius 3 is 2.83 bits per heavy atom. The summed E-state index contributed by atoms with van der Waals surface area (Å²) in [6.07, 6.45) is 4.59. The van der Waals surface area contributed by atoms with Gasteiger partial charge in [0.1, 0.15) is 0 Å². The van der Waals surface area contributed by atoms with Crippen LogP contribution in [0.2, 0.25) is 0 Å². The number of fused-ring (bicyclic) bond motifs is 1. The van der Waals surface area contributed by atoms with Crippen LogP contribution in [0.4, 0.5) is 0 Å². The van der Waals surface area contributed by atoms with Crippen LogP contribution in [-0.2, 0) is 14.6 Å². The molecule has 1 saturated carbocycles. The van der Waals surface area contributed by atoms with Crippen LogP contribution in [0.15, 0.2) is 35.6 Å². The highest BCUT2D eigenvalue weighted by molar-refractivity contribution is 7.99. The molecule has 0 radical (unpaired) electrons. The Kier molecular flexibility index (Phi) is 4.62. The van der Waals surface area contributed by atoms with E-state index in [9.17, 15) is 13.2 Å². The average Bonchev–Trinajstić information content (AvgIpc) is 3.15. The number of hydrogen-bond acceptors (Lipinski definition) is 6. The number of nitrogens with zero attached hydrogens (tertiary/aromatic N) is 3. The van der Waals surface area contributed by atoms with Crippen molar-refractivity contribution in [2.75, 3.05) is 17.3 Å². The average molecular weight is 432 g/mol. The summed E-state index contributed by atoms with van der Waals surface area (Å²) in [7, 11) is -3.01. The second-order valence-corrected chi connectivity index (χ2v) is 10.8. The van der Waals surface area contributed by atoms with E-state index < -0.39 is 9.84 Å². The van der Waals surface area contributed by atoms with E-state index >= 15 is 0 Å². The smallest absolute Gasteiger partial charge is 0.230 e. The molecule has 8 nitrogen and oxygen atoms in total. The van der Waals surface area contributed by atoms with Gasteiger partial charge in [-0.05, 0) is 25.3 Å². The molecule has 152 valence electrons. The number of carbonyl (C=O) groups is 1. The van der Waals surface area contributed by atoms with Gasteiger partial charge in [-0.3, -0.25) is 9.36 Å². The van der Waals surface area contributed by atoms with E-state index in [4.69, 9.17) is 0 Å². The first-order valence-corrected chi connectivity index (χ1v) is 12.4. The van der Waals surface area contributed by atoms with E-state index in [1.54, 1.807) is 0 Å². The van der Waals surface area contributed by atoms with Gasteiger partial charge in [0.05, 0.1) is 17.3 Å². The molecule has 29 heavy (non-hydrogen) atoms. The van der Waals surface area contributed by atoms with Crippen LogP contribution >= 0.6 is 11.8 Å². The first-order chi connectivity index (χ1) is 14.0. The summed E-state index contributed by atoms with van der Waals surface area (Å²) in [6.45, 7) is 0. The van der Waals surface area contributed by atoms with E-state index in [0.717, 1.165) is 40.3 Å². The van der Waals surface area contributed by atoms with Crippen molar-refractivity contribution in [1.82, 2.24) is 25.1 Å². The number of hydrogen-bond donors (Lipinski definition) is 2. The fraction of sp³-hybridized carbons (Fsp3) is 0.421. The van der Waals surface area contributed by atoms with Gasteiger partial charge in [0.2, 0.25) is 5.91 Å². The minimum Gasteiger partial charge on any atom is -0.360 e. The summed E-state index contributed by atoms with van der Waals surface area (Å²) in [5.41, 5.74) is 2.06. The van der Waals surface area contributed by atoms with Crippen molar-refractivity contribution in [3.05, 3.63) is 30.5 Å². The number of rotatable bonds is 6. The van der Waals surface area contributed by atoms with Gasteiger partial charge in [-0.2, -0.15) is 0 Å². The van der Waals surface area contributed by atoms with E-state index in [0.29, 0.717) is 12.5 Å². The molecule has 1 aromatic carbocycles. The van der Waals surface area contributed by atoms with Crippen LogP contribution in [0, 0.1) is 0 Å². The van der Waals surface area contributed by atoms with Crippen LogP contribution in [0.25, 0.3) is 22.3 Å². The lowest BCUT2D eigenvalue weighted by atomic mass is 10.1. The summed E-state index contributed by atoms with van der Waals surface area (Å²) in [4.78, 5) is 15.6. The van der Waals surface area contributed by atoms with Crippen LogP contribution < -0.4 is 5.32 Å². The first-order valence-electron chi connectivity index (χ1n) is 9.64. The van der Waals surface area contributed by atoms with Crippen molar-refractivity contribution in [3.8, 4) is 11.4 Å². The highest BCUT2D eigenvalue weighted by Crippen LogP contribution is 2.42. The summed E-state index contributed by atoms with van der Waals surface area (Å²) in [5.74, 6) is 1.02. The normalized spacial score (nSPS) is 20.9. The predicted octanol–water partition coefficient (Wildman–Crippen LogP) is 2.16. The van der Waals surface area contributed by atoms with Crippen LogP contribution in [0.5, 0.6) is 0 Å². The Bertz CT molecular complexity index is 1180. The summed E-state index contributed by atoms with van der Waals surface area (Å²) < 4.78 is 25.2. The van der Waals surface area contributed by atoms with Gasteiger partial charge in [-0.1, -0.05) is 30.0 Å². The van der Waals surface area contributed by atoms with Gasteiger partial charge >= 0.3 is 0 Å². The van der Waals surface area contributed by atoms with Gasteiger partial charge in [0, 0.05) is 34.7 Å². The monoisotopic (exact) mass is 431 g/mol. The second kappa shape index (κ2) is 7.17. The standard InChI is InChI=1S/C19H21N5O3S2/c25-17(21-12-7-8-29(26,27)11-12)10-28-19-23-22-18(24(19)13-5-6-13)15-9-20-16-4-2-1-3-14(15)16/h1-4,9,12-13,20H,5-8,10-11H2,(H,21,25). The van der Waals surface area contributed by atoms with Crippen molar-refractivity contribution in [1.29, 1.82) is 0 Å². The van der Waals surface area contributed by atoms with E-state index in [2.05, 4.69) is 31.1 Å². The third-order valence-electron chi connectivity index (χ3n) is 5.34. The lowest BCUT2D eigenvalue weighted by Crippen LogP contribution is -2.36. The van der Waals surface area contributed by atoms with Gasteiger partial charge in [0.15, 0.2) is 20.8 Å². The van der Waals surface area contributed by atoms with Crippen LogP contribution in [0.3, 0.4) is 0 Å². The van der Waals surface area contributed by atoms with E-state index in [-0.39, 0.29) is 29.2 Å². The molecule has 1 atom stereocenters. The Morgan fingerprint density at radius 1 is 1.24 bits per heavy atom. The molecule has 1 amide bonds. The third kappa shape index (κ3) is 3.78. The zero-order valence-electron chi connectivity index (χ0n) is 15.7. The van der Waals surface area contributed by atoms with E-state index in [1.807, 2.05) is 24.4 Å². The summed E-state index contributed by atoms with van der Waals surface area (Å²) in [6, 6.07) is 8.16. The Hall–Kier alpha value is -2.33. The Morgan fingerprint density at radius 2 is 2.07 bits per heavy atom. The fourth-order valence-corrected chi connectivity index (χ4v) is 6.28. The molecule has 0 spiro atoms. The highest BCUT2D eigenvalue weighted by Gasteiger charge is 2.32. The number of thioether (sulfide) groups is 1. The molecular weight excluding hydrogens is 410 g/mol. The number of carbonyl (C=O) groups excluding carboxylic acids is 1. The lowest BCUT2D eigenvalue weighted by Gasteiger charge is -2.11. The number of H-pyrrole nitrogens is 1. The molecule has 10 heteroatoms. The molecule has 2 aliphatic rings. The lowest BCUT2D eigenvalue weighted by molar-refractivity contribution is -0.119. The zero-order valence-corrected chi connectivity index (χ0v) is 17.3. The molecule has 3 heterocycles. The van der Waals surface area contributed by atoms with Gasteiger partial charge in [-0.25, -0.2) is 8.42 Å². The van der Waals surface area contributed by atoms with Crippen molar-refractivity contribution in [2.45, 2.75) is 36.5 Å². The number of sulfone groups is 1. The van der Waals surface area contributed by atoms with Crippen LogP contribution in [0.1, 0.15) is 25.3 Å². The number of amides is 1. The van der Waals surface area contributed by atoms with Gasteiger partial charge in [-0.15, -0.1) is 10.2 Å². The molecule has 2 N–H and O–H groups in total. The molecule has 2 fully saturated rings. The predicted molar refractivity (Wildman–Crippen MR) is 112 cm³/mol. The number of nitrogens with one attached hydrogen (secondary N) is 2. The number of benzene rings is 1. The molecule has 1 saturated heterocycles. The second-order valence-electron chi connectivity index (χ2n) is 7.61. The molecule has 1 aliphatic heterocycles. The van der Waals surface area contributed by atoms with Crippen LogP contribution in [-0.4, -0.2) is 57.4 Å². The molecule has 5 rings (SSSR count). The minimum absolute atomic E-state index is 0.0341. The topological polar surface area (TPSA) is 110 Å². The maximum Gasteiger partial charge on any atom is 0.230 e. The Balaban J connectivity index is 1.33.